The molecule has 0 bridgehead atoms. The summed E-state index contributed by atoms with van der Waals surface area (Å²) in [7, 11) is 0. The lowest BCUT2D eigenvalue weighted by Crippen LogP contribution is -2.44. The molecule has 2 rings (SSSR count). The molecule has 1 heterocycles. The summed E-state index contributed by atoms with van der Waals surface area (Å²) in [5.74, 6) is -0.234. The van der Waals surface area contributed by atoms with Crippen molar-refractivity contribution >= 4 is 5.69 Å². The topological polar surface area (TPSA) is 38.5 Å². The van der Waals surface area contributed by atoms with Crippen LogP contribution in [0.25, 0.3) is 0 Å². The Hall–Kier alpha value is -1.13. The van der Waals surface area contributed by atoms with Crippen molar-refractivity contribution in [2.24, 2.45) is 5.73 Å². The van der Waals surface area contributed by atoms with Crippen LogP contribution in [-0.2, 0) is 4.74 Å². The summed E-state index contributed by atoms with van der Waals surface area (Å²) in [6, 6.07) is 4.96. The van der Waals surface area contributed by atoms with Gasteiger partial charge in [-0.25, -0.2) is 4.39 Å². The minimum atomic E-state index is -0.234. The van der Waals surface area contributed by atoms with E-state index in [4.69, 9.17) is 10.5 Å². The number of nitrogens with zero attached hydrogens (tertiary/aromatic N) is 1. The lowest BCUT2D eigenvalue weighted by molar-refractivity contribution is 0.0988. The SMILES string of the molecule is CC1COCCN1c1ccc(F)cc1[C@H](C)N. The molecule has 1 saturated heterocycles. The Labute approximate surface area is 101 Å². The highest BCUT2D eigenvalue weighted by Gasteiger charge is 2.22. The van der Waals surface area contributed by atoms with Crippen LogP contribution in [0.3, 0.4) is 0 Å². The highest BCUT2D eigenvalue weighted by atomic mass is 19.1. The van der Waals surface area contributed by atoms with E-state index in [9.17, 15) is 4.39 Å². The molecule has 0 aromatic heterocycles. The molecule has 0 aliphatic carbocycles. The van der Waals surface area contributed by atoms with E-state index in [1.165, 1.54) is 12.1 Å². The molecular formula is C13H19FN2O. The van der Waals surface area contributed by atoms with Crippen molar-refractivity contribution in [3.63, 3.8) is 0 Å². The van der Waals surface area contributed by atoms with Gasteiger partial charge in [0.15, 0.2) is 0 Å². The molecule has 1 unspecified atom stereocenters. The predicted molar refractivity (Wildman–Crippen MR) is 66.6 cm³/mol. The normalized spacial score (nSPS) is 22.6. The first-order valence-corrected chi connectivity index (χ1v) is 5.99. The molecule has 1 fully saturated rings. The lowest BCUT2D eigenvalue weighted by atomic mass is 10.0. The van der Waals surface area contributed by atoms with Gasteiger partial charge in [-0.1, -0.05) is 0 Å². The summed E-state index contributed by atoms with van der Waals surface area (Å²) in [5, 5.41) is 0. The highest BCUT2D eigenvalue weighted by Crippen LogP contribution is 2.28. The molecule has 0 radical (unpaired) electrons. The molecule has 1 aliphatic heterocycles. The van der Waals surface area contributed by atoms with Gasteiger partial charge >= 0.3 is 0 Å². The average molecular weight is 238 g/mol. The third-order valence-corrected chi connectivity index (χ3v) is 3.16. The van der Waals surface area contributed by atoms with Crippen molar-refractivity contribution in [3.05, 3.63) is 29.6 Å². The number of rotatable bonds is 2. The van der Waals surface area contributed by atoms with E-state index in [2.05, 4.69) is 11.8 Å². The van der Waals surface area contributed by atoms with E-state index in [1.54, 1.807) is 0 Å². The number of hydrogen-bond acceptors (Lipinski definition) is 3. The number of morpholine rings is 1. The molecule has 2 atom stereocenters. The number of ether oxygens (including phenoxy) is 1. The monoisotopic (exact) mass is 238 g/mol. The largest absolute Gasteiger partial charge is 0.377 e. The Morgan fingerprint density at radius 3 is 2.94 bits per heavy atom. The van der Waals surface area contributed by atoms with Gasteiger partial charge < -0.3 is 15.4 Å². The Bertz CT molecular complexity index is 395. The fourth-order valence-corrected chi connectivity index (χ4v) is 2.24. The maximum atomic E-state index is 13.3. The van der Waals surface area contributed by atoms with Crippen molar-refractivity contribution in [1.29, 1.82) is 0 Å². The summed E-state index contributed by atoms with van der Waals surface area (Å²) in [5.41, 5.74) is 7.80. The van der Waals surface area contributed by atoms with Crippen LogP contribution >= 0.6 is 0 Å². The van der Waals surface area contributed by atoms with Gasteiger partial charge in [-0.15, -0.1) is 0 Å². The molecular weight excluding hydrogens is 219 g/mol. The van der Waals surface area contributed by atoms with Crippen LogP contribution in [0.2, 0.25) is 0 Å². The third kappa shape index (κ3) is 2.58. The van der Waals surface area contributed by atoms with E-state index in [1.807, 2.05) is 13.0 Å². The van der Waals surface area contributed by atoms with Crippen LogP contribution in [0.1, 0.15) is 25.5 Å². The molecule has 17 heavy (non-hydrogen) atoms. The summed E-state index contributed by atoms with van der Waals surface area (Å²) in [4.78, 5) is 2.24. The summed E-state index contributed by atoms with van der Waals surface area (Å²) < 4.78 is 18.7. The molecule has 4 heteroatoms. The molecule has 3 nitrogen and oxygen atoms in total. The second-order valence-corrected chi connectivity index (χ2v) is 4.61. The predicted octanol–water partition coefficient (Wildman–Crippen LogP) is 2.07. The van der Waals surface area contributed by atoms with Crippen LogP contribution in [0.5, 0.6) is 0 Å². The van der Waals surface area contributed by atoms with Crippen molar-refractivity contribution in [2.45, 2.75) is 25.9 Å². The second kappa shape index (κ2) is 5.02. The number of anilines is 1. The molecule has 1 aliphatic rings. The molecule has 0 saturated carbocycles. The highest BCUT2D eigenvalue weighted by molar-refractivity contribution is 5.56. The van der Waals surface area contributed by atoms with Gasteiger partial charge in [-0.3, -0.25) is 0 Å². The van der Waals surface area contributed by atoms with Crippen LogP contribution in [0, 0.1) is 5.82 Å². The zero-order valence-corrected chi connectivity index (χ0v) is 10.3. The minimum Gasteiger partial charge on any atom is -0.377 e. The van der Waals surface area contributed by atoms with Crippen LogP contribution < -0.4 is 10.6 Å². The van der Waals surface area contributed by atoms with Gasteiger partial charge in [-0.05, 0) is 37.6 Å². The summed E-state index contributed by atoms with van der Waals surface area (Å²) in [6.45, 7) is 6.22. The summed E-state index contributed by atoms with van der Waals surface area (Å²) >= 11 is 0. The van der Waals surface area contributed by atoms with Crippen LogP contribution in [-0.4, -0.2) is 25.8 Å². The Balaban J connectivity index is 2.36. The van der Waals surface area contributed by atoms with E-state index >= 15 is 0 Å². The van der Waals surface area contributed by atoms with Crippen molar-refractivity contribution in [2.75, 3.05) is 24.7 Å². The number of benzene rings is 1. The van der Waals surface area contributed by atoms with E-state index in [-0.39, 0.29) is 11.9 Å². The molecule has 1 aromatic rings. The third-order valence-electron chi connectivity index (χ3n) is 3.16. The van der Waals surface area contributed by atoms with Crippen LogP contribution in [0.15, 0.2) is 18.2 Å². The zero-order chi connectivity index (χ0) is 12.4. The molecule has 94 valence electrons. The Morgan fingerprint density at radius 2 is 2.29 bits per heavy atom. The van der Waals surface area contributed by atoms with Gasteiger partial charge in [0.25, 0.3) is 0 Å². The number of halogens is 1. The fraction of sp³-hybridized carbons (Fsp3) is 0.538. The first-order valence-electron chi connectivity index (χ1n) is 5.99. The van der Waals surface area contributed by atoms with E-state index < -0.39 is 0 Å². The number of hydrogen-bond donors (Lipinski definition) is 1. The van der Waals surface area contributed by atoms with Crippen molar-refractivity contribution in [3.8, 4) is 0 Å². The first kappa shape index (κ1) is 12.3. The Kier molecular flexibility index (Phi) is 3.64. The summed E-state index contributed by atoms with van der Waals surface area (Å²) in [6.07, 6.45) is 0. The van der Waals surface area contributed by atoms with E-state index in [0.29, 0.717) is 19.3 Å². The zero-order valence-electron chi connectivity index (χ0n) is 10.3. The molecule has 0 amide bonds. The molecule has 1 aromatic carbocycles. The second-order valence-electron chi connectivity index (χ2n) is 4.61. The average Bonchev–Trinajstić information content (AvgIpc) is 2.30. The van der Waals surface area contributed by atoms with E-state index in [0.717, 1.165) is 17.8 Å². The molecule has 2 N–H and O–H groups in total. The van der Waals surface area contributed by atoms with Gasteiger partial charge in [0.1, 0.15) is 5.82 Å². The lowest BCUT2D eigenvalue weighted by Gasteiger charge is -2.37. The van der Waals surface area contributed by atoms with Crippen LogP contribution in [0.4, 0.5) is 10.1 Å². The van der Waals surface area contributed by atoms with Gasteiger partial charge in [0, 0.05) is 24.3 Å². The first-order chi connectivity index (χ1) is 8.09. The van der Waals surface area contributed by atoms with Gasteiger partial charge in [-0.2, -0.15) is 0 Å². The maximum Gasteiger partial charge on any atom is 0.123 e. The Morgan fingerprint density at radius 1 is 1.53 bits per heavy atom. The smallest absolute Gasteiger partial charge is 0.123 e. The van der Waals surface area contributed by atoms with Crippen molar-refractivity contribution < 1.29 is 9.13 Å². The van der Waals surface area contributed by atoms with Gasteiger partial charge in [0.05, 0.1) is 13.2 Å². The fourth-order valence-electron chi connectivity index (χ4n) is 2.24. The number of nitrogens with two attached hydrogens (primary N) is 1. The quantitative estimate of drug-likeness (QED) is 0.857. The van der Waals surface area contributed by atoms with Crippen molar-refractivity contribution in [1.82, 2.24) is 0 Å². The standard InChI is InChI=1S/C13H19FN2O/c1-9-8-17-6-5-16(9)13-4-3-11(14)7-12(13)10(2)15/h3-4,7,9-10H,5-6,8,15H2,1-2H3/t9?,10-/m0/s1. The maximum absolute atomic E-state index is 13.3. The minimum absolute atomic E-state index is 0.171. The van der Waals surface area contributed by atoms with Gasteiger partial charge in [0.2, 0.25) is 0 Å². The molecule has 0 spiro atoms.